The van der Waals surface area contributed by atoms with Gasteiger partial charge in [-0.2, -0.15) is 13.2 Å². The predicted octanol–water partition coefficient (Wildman–Crippen LogP) is 4.13. The van der Waals surface area contributed by atoms with Gasteiger partial charge in [-0.25, -0.2) is 0 Å². The molecule has 0 aliphatic carbocycles. The average Bonchev–Trinajstić information content (AvgIpc) is 2.53. The van der Waals surface area contributed by atoms with Gasteiger partial charge in [0.15, 0.2) is 0 Å². The monoisotopic (exact) mass is 356 g/mol. The van der Waals surface area contributed by atoms with Crippen LogP contribution in [-0.2, 0) is 17.4 Å². The van der Waals surface area contributed by atoms with E-state index in [1.54, 1.807) is 0 Å². The Morgan fingerprint density at radius 1 is 1.08 bits per heavy atom. The van der Waals surface area contributed by atoms with E-state index in [0.29, 0.717) is 6.54 Å². The maximum Gasteiger partial charge on any atom is 0.416 e. The van der Waals surface area contributed by atoms with Crippen molar-refractivity contribution in [2.45, 2.75) is 12.6 Å². The van der Waals surface area contributed by atoms with Crippen molar-refractivity contribution in [3.05, 3.63) is 64.7 Å². The van der Waals surface area contributed by atoms with Crippen LogP contribution in [-0.4, -0.2) is 19.0 Å². The zero-order valence-corrected chi connectivity index (χ0v) is 13.4. The van der Waals surface area contributed by atoms with Crippen LogP contribution in [0.1, 0.15) is 11.1 Å². The standard InChI is InChI=1S/C17H16ClF3N2O/c18-14-7-6-13(17(19,20)21)10-15(14)23-16(24)11-22-9-8-12-4-2-1-3-5-12/h1-7,10,22H,8-9,11H2,(H,23,24). The quantitative estimate of drug-likeness (QED) is 0.764. The lowest BCUT2D eigenvalue weighted by molar-refractivity contribution is -0.137. The summed E-state index contributed by atoms with van der Waals surface area (Å²) in [4.78, 5) is 11.8. The van der Waals surface area contributed by atoms with Gasteiger partial charge in [0, 0.05) is 0 Å². The Morgan fingerprint density at radius 2 is 1.79 bits per heavy atom. The van der Waals surface area contributed by atoms with Crippen molar-refractivity contribution in [3.8, 4) is 0 Å². The molecular weight excluding hydrogens is 341 g/mol. The van der Waals surface area contributed by atoms with Gasteiger partial charge in [0.25, 0.3) is 0 Å². The number of nitrogens with one attached hydrogen (secondary N) is 2. The van der Waals surface area contributed by atoms with Crippen LogP contribution in [0.25, 0.3) is 0 Å². The number of halogens is 4. The van der Waals surface area contributed by atoms with Crippen molar-refractivity contribution in [3.63, 3.8) is 0 Å². The van der Waals surface area contributed by atoms with E-state index in [1.165, 1.54) is 0 Å². The molecule has 0 aliphatic rings. The first-order valence-corrected chi connectivity index (χ1v) is 7.65. The number of anilines is 1. The largest absolute Gasteiger partial charge is 0.416 e. The molecule has 2 aromatic rings. The van der Waals surface area contributed by atoms with Crippen molar-refractivity contribution in [2.75, 3.05) is 18.4 Å². The summed E-state index contributed by atoms with van der Waals surface area (Å²) in [5.74, 6) is -0.454. The highest BCUT2D eigenvalue weighted by atomic mass is 35.5. The molecule has 2 rings (SSSR count). The molecule has 0 bridgehead atoms. The summed E-state index contributed by atoms with van der Waals surface area (Å²) in [6.07, 6.45) is -3.74. The summed E-state index contributed by atoms with van der Waals surface area (Å²) in [6, 6.07) is 12.5. The molecule has 0 radical (unpaired) electrons. The molecule has 24 heavy (non-hydrogen) atoms. The molecule has 0 aromatic heterocycles. The van der Waals surface area contributed by atoms with Gasteiger partial charge in [0.1, 0.15) is 0 Å². The lowest BCUT2D eigenvalue weighted by Crippen LogP contribution is -2.29. The van der Waals surface area contributed by atoms with Crippen LogP contribution < -0.4 is 10.6 Å². The highest BCUT2D eigenvalue weighted by molar-refractivity contribution is 6.33. The van der Waals surface area contributed by atoms with Crippen LogP contribution in [0.15, 0.2) is 48.5 Å². The molecule has 0 spiro atoms. The molecule has 7 heteroatoms. The van der Waals surface area contributed by atoms with Crippen molar-refractivity contribution >= 4 is 23.2 Å². The Morgan fingerprint density at radius 3 is 2.46 bits per heavy atom. The first-order chi connectivity index (χ1) is 11.4. The third kappa shape index (κ3) is 5.54. The number of carbonyl (C=O) groups excluding carboxylic acids is 1. The van der Waals surface area contributed by atoms with Crippen molar-refractivity contribution < 1.29 is 18.0 Å². The minimum absolute atomic E-state index is 0.0145. The van der Waals surface area contributed by atoms with E-state index in [2.05, 4.69) is 10.6 Å². The van der Waals surface area contributed by atoms with Crippen LogP contribution in [0.5, 0.6) is 0 Å². The Balaban J connectivity index is 1.84. The van der Waals surface area contributed by atoms with Gasteiger partial charge in [0.2, 0.25) is 5.91 Å². The van der Waals surface area contributed by atoms with Crippen LogP contribution in [0, 0.1) is 0 Å². The van der Waals surface area contributed by atoms with Gasteiger partial charge in [0.05, 0.1) is 22.8 Å². The molecule has 128 valence electrons. The number of carbonyl (C=O) groups is 1. The number of amides is 1. The molecule has 2 aromatic carbocycles. The molecule has 0 unspecified atom stereocenters. The summed E-state index contributed by atoms with van der Waals surface area (Å²) >= 11 is 5.83. The normalized spacial score (nSPS) is 11.3. The molecular formula is C17H16ClF3N2O. The smallest absolute Gasteiger partial charge is 0.324 e. The van der Waals surface area contributed by atoms with E-state index in [9.17, 15) is 18.0 Å². The number of alkyl halides is 3. The highest BCUT2D eigenvalue weighted by Crippen LogP contribution is 2.33. The summed E-state index contributed by atoms with van der Waals surface area (Å²) < 4.78 is 38.0. The second-order valence-corrected chi connectivity index (χ2v) is 5.56. The molecule has 0 fully saturated rings. The maximum absolute atomic E-state index is 12.7. The number of hydrogen-bond donors (Lipinski definition) is 2. The average molecular weight is 357 g/mol. The molecule has 2 N–H and O–H groups in total. The lowest BCUT2D eigenvalue weighted by atomic mass is 10.1. The summed E-state index contributed by atoms with van der Waals surface area (Å²) in [6.45, 7) is 0.563. The first kappa shape index (κ1) is 18.3. The van der Waals surface area contributed by atoms with E-state index >= 15 is 0 Å². The van der Waals surface area contributed by atoms with E-state index in [-0.39, 0.29) is 17.3 Å². The van der Waals surface area contributed by atoms with Gasteiger partial charge in [-0.05, 0) is 36.7 Å². The first-order valence-electron chi connectivity index (χ1n) is 7.27. The van der Waals surface area contributed by atoms with E-state index in [1.807, 2.05) is 30.3 Å². The molecule has 1 amide bonds. The zero-order chi connectivity index (χ0) is 17.6. The molecule has 0 atom stereocenters. The van der Waals surface area contributed by atoms with Gasteiger partial charge in [-0.1, -0.05) is 41.9 Å². The van der Waals surface area contributed by atoms with E-state index < -0.39 is 17.6 Å². The Labute approximate surface area is 142 Å². The number of rotatable bonds is 6. The second kappa shape index (κ2) is 8.17. The predicted molar refractivity (Wildman–Crippen MR) is 88.1 cm³/mol. The van der Waals surface area contributed by atoms with Gasteiger partial charge < -0.3 is 10.6 Å². The van der Waals surface area contributed by atoms with Crippen LogP contribution in [0.2, 0.25) is 5.02 Å². The summed E-state index contributed by atoms with van der Waals surface area (Å²) in [5, 5.41) is 5.38. The Hall–Kier alpha value is -2.05. The third-order valence-electron chi connectivity index (χ3n) is 3.29. The number of hydrogen-bond acceptors (Lipinski definition) is 2. The van der Waals surface area contributed by atoms with Crippen LogP contribution >= 0.6 is 11.6 Å². The van der Waals surface area contributed by atoms with Crippen molar-refractivity contribution in [1.29, 1.82) is 0 Å². The molecule has 0 saturated carbocycles. The highest BCUT2D eigenvalue weighted by Gasteiger charge is 2.31. The molecule has 0 heterocycles. The molecule has 0 aliphatic heterocycles. The SMILES string of the molecule is O=C(CNCCc1ccccc1)Nc1cc(C(F)(F)F)ccc1Cl. The minimum Gasteiger partial charge on any atom is -0.324 e. The molecule has 3 nitrogen and oxygen atoms in total. The van der Waals surface area contributed by atoms with Crippen molar-refractivity contribution in [1.82, 2.24) is 5.32 Å². The van der Waals surface area contributed by atoms with Crippen LogP contribution in [0.4, 0.5) is 18.9 Å². The van der Waals surface area contributed by atoms with Crippen molar-refractivity contribution in [2.24, 2.45) is 0 Å². The maximum atomic E-state index is 12.7. The van der Waals surface area contributed by atoms with Gasteiger partial charge in [-0.15, -0.1) is 0 Å². The Kier molecular flexibility index (Phi) is 6.23. The van der Waals surface area contributed by atoms with Crippen LogP contribution in [0.3, 0.4) is 0 Å². The Bertz CT molecular complexity index is 690. The fourth-order valence-electron chi connectivity index (χ4n) is 2.07. The zero-order valence-electron chi connectivity index (χ0n) is 12.7. The second-order valence-electron chi connectivity index (χ2n) is 5.15. The third-order valence-corrected chi connectivity index (χ3v) is 3.62. The fourth-order valence-corrected chi connectivity index (χ4v) is 2.24. The van der Waals surface area contributed by atoms with Gasteiger partial charge >= 0.3 is 6.18 Å². The fraction of sp³-hybridized carbons (Fsp3) is 0.235. The number of benzene rings is 2. The van der Waals surface area contributed by atoms with E-state index in [0.717, 1.165) is 30.2 Å². The molecule has 0 saturated heterocycles. The van der Waals surface area contributed by atoms with E-state index in [4.69, 9.17) is 11.6 Å². The summed E-state index contributed by atoms with van der Waals surface area (Å²) in [5.41, 5.74) is 0.215. The van der Waals surface area contributed by atoms with Gasteiger partial charge in [-0.3, -0.25) is 4.79 Å². The lowest BCUT2D eigenvalue weighted by Gasteiger charge is -2.12. The summed E-state index contributed by atoms with van der Waals surface area (Å²) in [7, 11) is 0. The topological polar surface area (TPSA) is 41.1 Å². The minimum atomic E-state index is -4.49.